The third-order valence-corrected chi connectivity index (χ3v) is 6.85. The minimum atomic E-state index is -0.712. The number of rotatable bonds is 4. The van der Waals surface area contributed by atoms with Crippen molar-refractivity contribution in [3.63, 3.8) is 0 Å². The lowest BCUT2D eigenvalue weighted by Crippen LogP contribution is -2.52. The largest absolute Gasteiger partial charge is 0.367 e. The number of imide groups is 1. The van der Waals surface area contributed by atoms with Crippen LogP contribution in [0.5, 0.6) is 0 Å². The van der Waals surface area contributed by atoms with E-state index in [-0.39, 0.29) is 36.8 Å². The number of fused-ring (bicyclic) bond motifs is 1. The number of piperazine rings is 1. The zero-order valence-electron chi connectivity index (χ0n) is 18.2. The van der Waals surface area contributed by atoms with E-state index in [0.717, 1.165) is 18.8 Å². The Kier molecular flexibility index (Phi) is 5.57. The maximum atomic E-state index is 15.0. The molecule has 2 saturated heterocycles. The highest BCUT2D eigenvalue weighted by molar-refractivity contribution is 6.31. The zero-order chi connectivity index (χ0) is 23.3. The molecule has 4 heterocycles. The van der Waals surface area contributed by atoms with Crippen LogP contribution in [0.1, 0.15) is 34.5 Å². The Labute approximate surface area is 195 Å². The summed E-state index contributed by atoms with van der Waals surface area (Å²) in [6.45, 7) is 3.58. The third kappa shape index (κ3) is 4.08. The Morgan fingerprint density at radius 3 is 2.61 bits per heavy atom. The van der Waals surface area contributed by atoms with E-state index >= 15 is 4.39 Å². The predicted molar refractivity (Wildman–Crippen MR) is 118 cm³/mol. The lowest BCUT2D eigenvalue weighted by Gasteiger charge is -2.36. The number of piperidine rings is 1. The summed E-state index contributed by atoms with van der Waals surface area (Å²) < 4.78 is 16.7. The lowest BCUT2D eigenvalue weighted by molar-refractivity contribution is -0.136. The molecule has 1 N–H and O–H groups in total. The molecule has 9 nitrogen and oxygen atoms in total. The summed E-state index contributed by atoms with van der Waals surface area (Å²) in [6, 6.07) is 2.29. The summed E-state index contributed by atoms with van der Waals surface area (Å²) >= 11 is 6.22. The fourth-order valence-electron chi connectivity index (χ4n) is 4.79. The summed E-state index contributed by atoms with van der Waals surface area (Å²) in [7, 11) is 1.83. The van der Waals surface area contributed by atoms with Gasteiger partial charge >= 0.3 is 0 Å². The quantitative estimate of drug-likeness (QED) is 0.672. The van der Waals surface area contributed by atoms with Crippen LogP contribution >= 0.6 is 11.6 Å². The molecule has 1 atom stereocenters. The van der Waals surface area contributed by atoms with Crippen LogP contribution in [0, 0.1) is 5.82 Å². The van der Waals surface area contributed by atoms with E-state index < -0.39 is 17.8 Å². The number of anilines is 1. The molecule has 2 aromatic rings. The fourth-order valence-corrected chi connectivity index (χ4v) is 5.03. The number of nitrogens with one attached hydrogen (secondary N) is 1. The second-order valence-electron chi connectivity index (χ2n) is 8.72. The highest BCUT2D eigenvalue weighted by Gasteiger charge is 2.40. The Morgan fingerprint density at radius 2 is 1.94 bits per heavy atom. The van der Waals surface area contributed by atoms with E-state index in [1.165, 1.54) is 11.0 Å². The average Bonchev–Trinajstić information content (AvgIpc) is 3.26. The van der Waals surface area contributed by atoms with Gasteiger partial charge in [0.05, 0.1) is 16.4 Å². The molecule has 0 saturated carbocycles. The van der Waals surface area contributed by atoms with Crippen molar-refractivity contribution in [3.8, 4) is 0 Å². The molecule has 33 heavy (non-hydrogen) atoms. The maximum Gasteiger partial charge on any atom is 0.255 e. The van der Waals surface area contributed by atoms with Crippen molar-refractivity contribution < 1.29 is 18.8 Å². The molecule has 5 rings (SSSR count). The number of carbonyl (C=O) groups is 3. The molecule has 0 aliphatic carbocycles. The van der Waals surface area contributed by atoms with Gasteiger partial charge in [-0.15, -0.1) is 0 Å². The van der Waals surface area contributed by atoms with Gasteiger partial charge in [0.2, 0.25) is 11.8 Å². The number of hydrogen-bond donors (Lipinski definition) is 1. The van der Waals surface area contributed by atoms with Gasteiger partial charge in [0, 0.05) is 64.5 Å². The normalized spacial score (nSPS) is 21.5. The standard InChI is InChI=1S/C22H24ClFN6O3/c1-27-11-15(23)17(26-27)12-28-4-6-29(7-5-28)19-8-13-10-30(22(33)14(13)9-16(19)24)18-2-3-20(31)25-21(18)32/h8-9,11,18H,2-7,10,12H2,1H3,(H,25,31,32). The first-order chi connectivity index (χ1) is 15.8. The van der Waals surface area contributed by atoms with Crippen molar-refractivity contribution in [2.45, 2.75) is 32.0 Å². The Bertz CT molecular complexity index is 1140. The average molecular weight is 475 g/mol. The van der Waals surface area contributed by atoms with Gasteiger partial charge in [0.25, 0.3) is 5.91 Å². The molecule has 1 unspecified atom stereocenters. The second-order valence-corrected chi connectivity index (χ2v) is 9.13. The van der Waals surface area contributed by atoms with Gasteiger partial charge in [-0.2, -0.15) is 5.10 Å². The number of amides is 3. The Morgan fingerprint density at radius 1 is 1.18 bits per heavy atom. The molecule has 11 heteroatoms. The topological polar surface area (TPSA) is 90.8 Å². The minimum absolute atomic E-state index is 0.185. The minimum Gasteiger partial charge on any atom is -0.367 e. The van der Waals surface area contributed by atoms with Gasteiger partial charge in [0.1, 0.15) is 11.9 Å². The smallest absolute Gasteiger partial charge is 0.255 e. The molecule has 1 aromatic carbocycles. The number of aryl methyl sites for hydroxylation is 1. The van der Waals surface area contributed by atoms with Crippen molar-refractivity contribution in [1.29, 1.82) is 0 Å². The summed E-state index contributed by atoms with van der Waals surface area (Å²) in [4.78, 5) is 42.2. The first-order valence-corrected chi connectivity index (χ1v) is 11.3. The molecule has 0 spiro atoms. The molecule has 0 radical (unpaired) electrons. The van der Waals surface area contributed by atoms with E-state index in [4.69, 9.17) is 11.6 Å². The van der Waals surface area contributed by atoms with E-state index in [0.29, 0.717) is 35.9 Å². The van der Waals surface area contributed by atoms with E-state index in [2.05, 4.69) is 15.3 Å². The van der Waals surface area contributed by atoms with Crippen LogP contribution in [-0.4, -0.2) is 69.5 Å². The third-order valence-electron chi connectivity index (χ3n) is 6.53. The monoisotopic (exact) mass is 474 g/mol. The van der Waals surface area contributed by atoms with Crippen LogP contribution in [0.15, 0.2) is 18.3 Å². The van der Waals surface area contributed by atoms with Crippen LogP contribution in [0.25, 0.3) is 0 Å². The molecule has 3 aliphatic rings. The predicted octanol–water partition coefficient (Wildman–Crippen LogP) is 1.30. The Hall–Kier alpha value is -2.98. The van der Waals surface area contributed by atoms with Crippen molar-refractivity contribution in [2.75, 3.05) is 31.1 Å². The van der Waals surface area contributed by atoms with Crippen LogP contribution < -0.4 is 10.2 Å². The molecule has 0 bridgehead atoms. The van der Waals surface area contributed by atoms with E-state index in [9.17, 15) is 14.4 Å². The van der Waals surface area contributed by atoms with Crippen molar-refractivity contribution in [1.82, 2.24) is 24.9 Å². The molecular formula is C22H24ClFN6O3. The maximum absolute atomic E-state index is 15.0. The molecule has 2 fully saturated rings. The summed E-state index contributed by atoms with van der Waals surface area (Å²) in [5, 5.41) is 7.30. The first-order valence-electron chi connectivity index (χ1n) is 10.9. The molecule has 174 valence electrons. The SMILES string of the molecule is Cn1cc(Cl)c(CN2CCN(c3cc4c(cc3F)C(=O)N(C3CCC(=O)NC3=O)C4)CC2)n1. The van der Waals surface area contributed by atoms with Crippen molar-refractivity contribution in [3.05, 3.63) is 46.0 Å². The van der Waals surface area contributed by atoms with Gasteiger partial charge in [-0.25, -0.2) is 4.39 Å². The fraction of sp³-hybridized carbons (Fsp3) is 0.455. The lowest BCUT2D eigenvalue weighted by atomic mass is 10.0. The number of nitrogens with zero attached hydrogens (tertiary/aromatic N) is 5. The van der Waals surface area contributed by atoms with E-state index in [1.54, 1.807) is 16.9 Å². The highest BCUT2D eigenvalue weighted by Crippen LogP contribution is 2.33. The van der Waals surface area contributed by atoms with Crippen LogP contribution in [0.2, 0.25) is 5.02 Å². The Balaban J connectivity index is 1.27. The van der Waals surface area contributed by atoms with Gasteiger partial charge in [0.15, 0.2) is 0 Å². The van der Waals surface area contributed by atoms with Crippen molar-refractivity contribution >= 4 is 35.0 Å². The van der Waals surface area contributed by atoms with Gasteiger partial charge in [-0.3, -0.25) is 29.3 Å². The van der Waals surface area contributed by atoms with Crippen LogP contribution in [0.4, 0.5) is 10.1 Å². The number of benzene rings is 1. The number of carbonyl (C=O) groups excluding carboxylic acids is 3. The summed E-state index contributed by atoms with van der Waals surface area (Å²) in [5.74, 6) is -1.63. The van der Waals surface area contributed by atoms with Crippen LogP contribution in [0.3, 0.4) is 0 Å². The van der Waals surface area contributed by atoms with Gasteiger partial charge < -0.3 is 9.80 Å². The summed E-state index contributed by atoms with van der Waals surface area (Å²) in [6.07, 6.45) is 2.23. The highest BCUT2D eigenvalue weighted by atomic mass is 35.5. The molecular weight excluding hydrogens is 451 g/mol. The second kappa shape index (κ2) is 8.42. The molecule has 3 amide bonds. The number of aromatic nitrogens is 2. The number of hydrogen-bond acceptors (Lipinski definition) is 6. The van der Waals surface area contributed by atoms with Gasteiger partial charge in [-0.05, 0) is 24.1 Å². The van der Waals surface area contributed by atoms with Gasteiger partial charge in [-0.1, -0.05) is 11.6 Å². The number of halogens is 2. The zero-order valence-corrected chi connectivity index (χ0v) is 18.9. The van der Waals surface area contributed by atoms with Crippen molar-refractivity contribution in [2.24, 2.45) is 7.05 Å². The first kappa shape index (κ1) is 21.8. The molecule has 3 aliphatic heterocycles. The summed E-state index contributed by atoms with van der Waals surface area (Å²) in [5.41, 5.74) is 2.26. The van der Waals surface area contributed by atoms with E-state index in [1.807, 2.05) is 11.9 Å². The van der Waals surface area contributed by atoms with Crippen LogP contribution in [-0.2, 0) is 29.7 Å². The molecule has 1 aromatic heterocycles.